The fourth-order valence-electron chi connectivity index (χ4n) is 6.52. The molecule has 2 saturated carbocycles. The van der Waals surface area contributed by atoms with E-state index in [2.05, 4.69) is 41.4 Å². The maximum atomic E-state index is 13.5. The number of imide groups is 2. The fraction of sp³-hybridized carbons (Fsp3) is 0.325. The van der Waals surface area contributed by atoms with Crippen LogP contribution in [-0.4, -0.2) is 76.6 Å². The molecule has 60 heavy (non-hydrogen) atoms. The molecular weight excluding hydrogens is 804 g/mol. The predicted octanol–water partition coefficient (Wildman–Crippen LogP) is 5.34. The lowest BCUT2D eigenvalue weighted by Crippen LogP contribution is -2.39. The third-order valence-corrected chi connectivity index (χ3v) is 9.67. The first-order chi connectivity index (χ1) is 28.6. The van der Waals surface area contributed by atoms with E-state index >= 15 is 0 Å². The number of nitrogens with zero attached hydrogens (tertiary/aromatic N) is 7. The summed E-state index contributed by atoms with van der Waals surface area (Å²) in [6.45, 7) is 5.58. The van der Waals surface area contributed by atoms with E-state index in [0.717, 1.165) is 31.7 Å². The van der Waals surface area contributed by atoms with Gasteiger partial charge in [-0.25, -0.2) is 23.5 Å². The van der Waals surface area contributed by atoms with Crippen molar-refractivity contribution in [3.8, 4) is 0 Å². The van der Waals surface area contributed by atoms with E-state index in [0.29, 0.717) is 62.6 Å². The first-order valence-electron chi connectivity index (χ1n) is 19.1. The number of rotatable bonds is 9. The highest BCUT2D eigenvalue weighted by atomic mass is 35.5. The number of ether oxygens (including phenoxy) is 1. The fourth-order valence-corrected chi connectivity index (χ4v) is 6.69. The van der Waals surface area contributed by atoms with Gasteiger partial charge in [-0.2, -0.15) is 19.2 Å². The van der Waals surface area contributed by atoms with Gasteiger partial charge in [-0.3, -0.25) is 34.7 Å². The number of carbonyl (C=O) groups is 5. The second-order valence-corrected chi connectivity index (χ2v) is 16.1. The van der Waals surface area contributed by atoms with Crippen molar-refractivity contribution in [2.75, 3.05) is 15.5 Å². The molecule has 0 unspecified atom stereocenters. The molecule has 0 spiro atoms. The van der Waals surface area contributed by atoms with E-state index in [-0.39, 0.29) is 42.4 Å². The van der Waals surface area contributed by atoms with Crippen molar-refractivity contribution in [3.63, 3.8) is 0 Å². The molecule has 6 heterocycles. The van der Waals surface area contributed by atoms with Gasteiger partial charge >= 0.3 is 6.09 Å². The van der Waals surface area contributed by atoms with Crippen LogP contribution in [0, 0.1) is 11.6 Å². The van der Waals surface area contributed by atoms with Crippen LogP contribution in [0.2, 0.25) is 5.15 Å². The van der Waals surface area contributed by atoms with Crippen molar-refractivity contribution < 1.29 is 37.5 Å². The smallest absolute Gasteiger partial charge is 0.416 e. The number of amides is 5. The van der Waals surface area contributed by atoms with Crippen LogP contribution in [0.4, 0.5) is 31.0 Å². The van der Waals surface area contributed by atoms with Crippen molar-refractivity contribution in [2.45, 2.75) is 83.5 Å². The molecule has 0 atom stereocenters. The molecule has 20 heteroatoms. The summed E-state index contributed by atoms with van der Waals surface area (Å²) in [5, 5.41) is 19.9. The number of nitrogens with one attached hydrogen (secondary N) is 4. The molecule has 4 N–H and O–H groups in total. The number of halogens is 3. The topological polar surface area (TPSA) is 206 Å². The van der Waals surface area contributed by atoms with Crippen LogP contribution in [0.15, 0.2) is 53.9 Å². The number of fused-ring (bicyclic) bond motifs is 2. The van der Waals surface area contributed by atoms with Crippen molar-refractivity contribution in [2.24, 2.45) is 0 Å². The van der Waals surface area contributed by atoms with Gasteiger partial charge in [0.15, 0.2) is 11.3 Å². The van der Waals surface area contributed by atoms with Gasteiger partial charge < -0.3 is 15.4 Å². The van der Waals surface area contributed by atoms with Crippen LogP contribution in [0.5, 0.6) is 0 Å². The highest BCUT2D eigenvalue weighted by Gasteiger charge is 2.38. The van der Waals surface area contributed by atoms with Crippen LogP contribution in [-0.2, 0) is 30.5 Å². The van der Waals surface area contributed by atoms with Crippen molar-refractivity contribution in [1.82, 2.24) is 39.8 Å². The summed E-state index contributed by atoms with van der Waals surface area (Å²) in [7, 11) is 0. The quantitative estimate of drug-likeness (QED) is 0.0844. The summed E-state index contributed by atoms with van der Waals surface area (Å²) >= 11 is 6.24. The number of hydrogen-bond acceptors (Lipinski definition) is 12. The molecule has 1 aromatic carbocycles. The Morgan fingerprint density at radius 3 is 1.98 bits per heavy atom. The molecule has 9 rings (SSSR count). The molecule has 0 radical (unpaired) electrons. The van der Waals surface area contributed by atoms with E-state index in [4.69, 9.17) is 16.3 Å². The second kappa shape index (κ2) is 15.8. The van der Waals surface area contributed by atoms with Crippen LogP contribution in [0.25, 0.3) is 23.4 Å². The predicted molar refractivity (Wildman–Crippen MR) is 215 cm³/mol. The Morgan fingerprint density at radius 2 is 1.45 bits per heavy atom. The lowest BCUT2D eigenvalue weighted by molar-refractivity contribution is -0.125. The SMILES string of the molecule is CC(C)(C)OC(=O)N(c1cc(Cl)nc2c(/C=C3\CC(=O)NC3=O)cnn12)C1CC1.O=C1C/C(=C\c2cnn3c(NC4CC4)cc(NCc4cc(F)cc(F)c4)nc23)C(=O)N1. The van der Waals surface area contributed by atoms with Gasteiger partial charge in [-0.1, -0.05) is 11.6 Å². The van der Waals surface area contributed by atoms with Crippen molar-refractivity contribution in [1.29, 1.82) is 0 Å². The van der Waals surface area contributed by atoms with Gasteiger partial charge in [0.2, 0.25) is 11.8 Å². The molecule has 4 aromatic heterocycles. The lowest BCUT2D eigenvalue weighted by Gasteiger charge is -2.27. The Bertz CT molecular complexity index is 2660. The normalized spacial score (nSPS) is 17.9. The van der Waals surface area contributed by atoms with Gasteiger partial charge in [0, 0.05) is 59.1 Å². The minimum Gasteiger partial charge on any atom is -0.443 e. The van der Waals surface area contributed by atoms with Crippen LogP contribution in [0.1, 0.15) is 76.0 Å². The maximum absolute atomic E-state index is 13.5. The molecular formula is C40H38ClF2N11O6. The molecule has 2 saturated heterocycles. The molecule has 2 aliphatic heterocycles. The van der Waals surface area contributed by atoms with E-state index < -0.39 is 35.1 Å². The second-order valence-electron chi connectivity index (χ2n) is 15.7. The van der Waals surface area contributed by atoms with E-state index in [1.807, 2.05) is 0 Å². The number of carbonyl (C=O) groups excluding carboxylic acids is 5. The Balaban J connectivity index is 0.000000167. The van der Waals surface area contributed by atoms with Crippen LogP contribution >= 0.6 is 11.6 Å². The third kappa shape index (κ3) is 9.10. The first kappa shape index (κ1) is 40.0. The van der Waals surface area contributed by atoms with E-state index in [1.165, 1.54) is 22.8 Å². The average Bonchev–Trinajstić information content (AvgIpc) is 4.03. The zero-order chi connectivity index (χ0) is 42.5. The largest absolute Gasteiger partial charge is 0.443 e. The molecule has 5 amide bonds. The van der Waals surface area contributed by atoms with Gasteiger partial charge in [0.25, 0.3) is 11.8 Å². The molecule has 17 nitrogen and oxygen atoms in total. The highest BCUT2D eigenvalue weighted by molar-refractivity contribution is 6.30. The minimum absolute atomic E-state index is 0.00393. The summed E-state index contributed by atoms with van der Waals surface area (Å²) in [6.07, 6.45) is 9.57. The summed E-state index contributed by atoms with van der Waals surface area (Å²) in [4.78, 5) is 70.0. The number of anilines is 3. The summed E-state index contributed by atoms with van der Waals surface area (Å²) in [5.74, 6) is -1.24. The van der Waals surface area contributed by atoms with Crippen molar-refractivity contribution in [3.05, 3.63) is 87.3 Å². The number of benzene rings is 1. The van der Waals surface area contributed by atoms with E-state index in [9.17, 15) is 32.8 Å². The van der Waals surface area contributed by atoms with Crippen molar-refractivity contribution >= 4 is 82.2 Å². The van der Waals surface area contributed by atoms with Crippen LogP contribution < -0.4 is 26.2 Å². The first-order valence-corrected chi connectivity index (χ1v) is 19.4. The summed E-state index contributed by atoms with van der Waals surface area (Å²) < 4.78 is 35.6. The third-order valence-electron chi connectivity index (χ3n) is 9.47. The van der Waals surface area contributed by atoms with Gasteiger partial charge in [0.05, 0.1) is 25.2 Å². The molecule has 5 aromatic rings. The minimum atomic E-state index is -0.651. The lowest BCUT2D eigenvalue weighted by atomic mass is 10.1. The molecule has 4 fully saturated rings. The zero-order valence-corrected chi connectivity index (χ0v) is 33.3. The number of hydrogen-bond donors (Lipinski definition) is 4. The molecule has 310 valence electrons. The molecule has 4 aliphatic rings. The Hall–Kier alpha value is -6.76. The number of aromatic nitrogens is 6. The standard InChI is InChI=1S/C21H18F2N6O2.C19H20ClN5O4/c22-14-3-11(4-15(23)7-14)9-24-17-8-18(26-16-1-2-16)29-20(27-17)13(10-25-29)5-12-6-19(30)28-21(12)31;1-19(2,3)29-18(28)24(12-4-5-12)15-8-13(20)22-16-11(9-21-25(15)16)6-10-7-14(26)23-17(10)27/h3-5,7-8,10,16,26H,1-2,6,9H2,(H,24,27)(H,28,30,31);6,8-9,12H,4-5,7H2,1-3H3,(H,23,26,27)/b12-5+;10-6+. The summed E-state index contributed by atoms with van der Waals surface area (Å²) in [6, 6.07) is 7.01. The van der Waals surface area contributed by atoms with Crippen LogP contribution in [0.3, 0.4) is 0 Å². The summed E-state index contributed by atoms with van der Waals surface area (Å²) in [5.41, 5.74) is 2.41. The zero-order valence-electron chi connectivity index (χ0n) is 32.5. The monoisotopic (exact) mass is 841 g/mol. The van der Waals surface area contributed by atoms with Gasteiger partial charge in [0.1, 0.15) is 39.8 Å². The average molecular weight is 842 g/mol. The maximum Gasteiger partial charge on any atom is 0.416 e. The van der Waals surface area contributed by atoms with E-state index in [1.54, 1.807) is 60.7 Å². The van der Waals surface area contributed by atoms with Gasteiger partial charge in [-0.15, -0.1) is 0 Å². The Kier molecular flexibility index (Phi) is 10.5. The highest BCUT2D eigenvalue weighted by Crippen LogP contribution is 2.35. The van der Waals surface area contributed by atoms with Gasteiger partial charge in [-0.05, 0) is 76.3 Å². The Morgan fingerprint density at radius 1 is 0.867 bits per heavy atom. The Labute approximate surface area is 345 Å². The molecule has 2 aliphatic carbocycles. The molecule has 0 bridgehead atoms.